The van der Waals surface area contributed by atoms with Crippen molar-refractivity contribution in [3.8, 4) is 0 Å². The topological polar surface area (TPSA) is 66.4 Å². The molecule has 0 bridgehead atoms. The largest absolute Gasteiger partial charge is 0.480 e. The maximum Gasteiger partial charge on any atom is 0.326 e. The molecule has 0 aliphatic heterocycles. The molecular formula is C14H18BrNO3. The predicted molar refractivity (Wildman–Crippen MR) is 77.2 cm³/mol. The van der Waals surface area contributed by atoms with Crippen LogP contribution in [-0.2, 0) is 4.79 Å². The first-order valence-corrected chi connectivity index (χ1v) is 6.72. The minimum atomic E-state index is -1.03. The number of hydrogen-bond donors (Lipinski definition) is 2. The fraction of sp³-hybridized carbons (Fsp3) is 0.429. The van der Waals surface area contributed by atoms with E-state index in [2.05, 4.69) is 21.2 Å². The van der Waals surface area contributed by atoms with Crippen LogP contribution in [-0.4, -0.2) is 23.0 Å². The van der Waals surface area contributed by atoms with Gasteiger partial charge in [0.25, 0.3) is 5.91 Å². The second-order valence-corrected chi connectivity index (χ2v) is 6.43. The molecule has 4 nitrogen and oxygen atoms in total. The number of carboxylic acid groups (broad SMARTS) is 1. The molecule has 1 atom stereocenters. The maximum absolute atomic E-state index is 12.1. The van der Waals surface area contributed by atoms with Crippen LogP contribution in [0.4, 0.5) is 0 Å². The van der Waals surface area contributed by atoms with Gasteiger partial charge >= 0.3 is 5.97 Å². The van der Waals surface area contributed by atoms with Gasteiger partial charge in [-0.15, -0.1) is 0 Å². The van der Waals surface area contributed by atoms with Crippen LogP contribution in [0.5, 0.6) is 0 Å². The third-order valence-corrected chi connectivity index (χ3v) is 3.70. The number of carbonyl (C=O) groups is 2. The lowest BCUT2D eigenvalue weighted by Crippen LogP contribution is -2.49. The summed E-state index contributed by atoms with van der Waals surface area (Å²) in [7, 11) is 0. The van der Waals surface area contributed by atoms with Crippen LogP contribution >= 0.6 is 15.9 Å². The van der Waals surface area contributed by atoms with Crippen LogP contribution in [0, 0.1) is 12.3 Å². The van der Waals surface area contributed by atoms with E-state index in [9.17, 15) is 14.7 Å². The molecule has 0 aromatic heterocycles. The molecule has 19 heavy (non-hydrogen) atoms. The molecule has 0 saturated carbocycles. The zero-order valence-corrected chi connectivity index (χ0v) is 13.0. The Kier molecular flexibility index (Phi) is 4.74. The van der Waals surface area contributed by atoms with Crippen molar-refractivity contribution in [2.24, 2.45) is 5.41 Å². The molecule has 0 fully saturated rings. The first kappa shape index (κ1) is 15.7. The molecule has 2 N–H and O–H groups in total. The highest BCUT2D eigenvalue weighted by Gasteiger charge is 2.32. The van der Waals surface area contributed by atoms with Crippen LogP contribution in [0.1, 0.15) is 36.7 Å². The molecule has 0 radical (unpaired) electrons. The zero-order chi connectivity index (χ0) is 14.8. The number of carbonyl (C=O) groups excluding carboxylic acids is 1. The van der Waals surface area contributed by atoms with E-state index in [1.165, 1.54) is 0 Å². The average Bonchev–Trinajstić information content (AvgIpc) is 2.27. The molecule has 0 aliphatic rings. The number of amides is 1. The summed E-state index contributed by atoms with van der Waals surface area (Å²) in [6, 6.07) is 4.23. The van der Waals surface area contributed by atoms with Crippen LogP contribution in [0.25, 0.3) is 0 Å². The third kappa shape index (κ3) is 4.06. The van der Waals surface area contributed by atoms with Crippen molar-refractivity contribution >= 4 is 27.8 Å². The van der Waals surface area contributed by atoms with Crippen molar-refractivity contribution in [1.29, 1.82) is 0 Å². The van der Waals surface area contributed by atoms with Gasteiger partial charge in [0.1, 0.15) is 6.04 Å². The van der Waals surface area contributed by atoms with Crippen molar-refractivity contribution in [2.75, 3.05) is 0 Å². The fourth-order valence-electron chi connectivity index (χ4n) is 1.65. The van der Waals surface area contributed by atoms with Crippen molar-refractivity contribution in [3.05, 3.63) is 33.8 Å². The van der Waals surface area contributed by atoms with Crippen molar-refractivity contribution in [2.45, 2.75) is 33.7 Å². The molecule has 1 aromatic carbocycles. The molecule has 104 valence electrons. The highest BCUT2D eigenvalue weighted by atomic mass is 79.9. The molecule has 1 rings (SSSR count). The lowest BCUT2D eigenvalue weighted by Gasteiger charge is -2.27. The van der Waals surface area contributed by atoms with Gasteiger partial charge in [0.05, 0.1) is 0 Å². The Morgan fingerprint density at radius 2 is 1.89 bits per heavy atom. The molecule has 0 unspecified atom stereocenters. The molecule has 0 saturated heterocycles. The van der Waals surface area contributed by atoms with E-state index < -0.39 is 17.4 Å². The van der Waals surface area contributed by atoms with Gasteiger partial charge in [-0.1, -0.05) is 36.7 Å². The monoisotopic (exact) mass is 327 g/mol. The second kappa shape index (κ2) is 5.74. The molecule has 0 aliphatic carbocycles. The zero-order valence-electron chi connectivity index (χ0n) is 11.5. The Morgan fingerprint density at radius 3 is 2.32 bits per heavy atom. The summed E-state index contributed by atoms with van der Waals surface area (Å²) in [5.74, 6) is -1.41. The number of aliphatic carboxylic acids is 1. The lowest BCUT2D eigenvalue weighted by molar-refractivity contribution is -0.142. The first-order valence-electron chi connectivity index (χ1n) is 5.92. The number of rotatable bonds is 3. The van der Waals surface area contributed by atoms with E-state index in [4.69, 9.17) is 0 Å². The molecule has 1 aromatic rings. The van der Waals surface area contributed by atoms with Crippen LogP contribution in [0.3, 0.4) is 0 Å². The molecule has 5 heteroatoms. The Balaban J connectivity index is 2.94. The maximum atomic E-state index is 12.1. The minimum absolute atomic E-state index is 0.377. The summed E-state index contributed by atoms with van der Waals surface area (Å²) in [6.07, 6.45) is 0. The summed E-state index contributed by atoms with van der Waals surface area (Å²) in [5, 5.41) is 11.7. The van der Waals surface area contributed by atoms with Crippen molar-refractivity contribution in [3.63, 3.8) is 0 Å². The van der Waals surface area contributed by atoms with E-state index in [-0.39, 0.29) is 5.91 Å². The fourth-order valence-corrected chi connectivity index (χ4v) is 1.90. The normalized spacial score (nSPS) is 12.9. The van der Waals surface area contributed by atoms with E-state index in [0.29, 0.717) is 5.56 Å². The Labute approximate surface area is 121 Å². The number of halogens is 1. The van der Waals surface area contributed by atoms with E-state index in [1.807, 2.05) is 6.92 Å². The summed E-state index contributed by atoms with van der Waals surface area (Å²) < 4.78 is 0.912. The number of hydrogen-bond acceptors (Lipinski definition) is 2. The number of carboxylic acids is 1. The first-order chi connectivity index (χ1) is 8.62. The summed E-state index contributed by atoms with van der Waals surface area (Å²) >= 11 is 3.36. The average molecular weight is 328 g/mol. The molecule has 0 heterocycles. The van der Waals surface area contributed by atoms with Gasteiger partial charge in [-0.2, -0.15) is 0 Å². The second-order valence-electron chi connectivity index (χ2n) is 5.57. The predicted octanol–water partition coefficient (Wildman–Crippen LogP) is 2.99. The van der Waals surface area contributed by atoms with Crippen molar-refractivity contribution < 1.29 is 14.7 Å². The van der Waals surface area contributed by atoms with E-state index in [0.717, 1.165) is 10.0 Å². The van der Waals surface area contributed by atoms with Crippen LogP contribution < -0.4 is 5.32 Å². The quantitative estimate of drug-likeness (QED) is 0.896. The highest BCUT2D eigenvalue weighted by molar-refractivity contribution is 9.10. The number of benzene rings is 1. The van der Waals surface area contributed by atoms with E-state index >= 15 is 0 Å². The summed E-state index contributed by atoms with van der Waals surface area (Å²) in [4.78, 5) is 23.3. The third-order valence-electron chi connectivity index (χ3n) is 2.81. The smallest absolute Gasteiger partial charge is 0.326 e. The number of aryl methyl sites for hydroxylation is 1. The van der Waals surface area contributed by atoms with Gasteiger partial charge in [0.2, 0.25) is 0 Å². The van der Waals surface area contributed by atoms with Gasteiger partial charge in [-0.25, -0.2) is 4.79 Å². The van der Waals surface area contributed by atoms with Gasteiger partial charge in [-0.3, -0.25) is 4.79 Å². The van der Waals surface area contributed by atoms with Gasteiger partial charge in [-0.05, 0) is 36.1 Å². The van der Waals surface area contributed by atoms with Crippen molar-refractivity contribution in [1.82, 2.24) is 5.32 Å². The van der Waals surface area contributed by atoms with Crippen LogP contribution in [0.2, 0.25) is 0 Å². The van der Waals surface area contributed by atoms with Gasteiger partial charge in [0.15, 0.2) is 0 Å². The van der Waals surface area contributed by atoms with Crippen LogP contribution in [0.15, 0.2) is 22.7 Å². The minimum Gasteiger partial charge on any atom is -0.480 e. The summed E-state index contributed by atoms with van der Waals surface area (Å²) in [6.45, 7) is 7.20. The Hall–Kier alpha value is -1.36. The van der Waals surface area contributed by atoms with E-state index in [1.54, 1.807) is 39.0 Å². The highest BCUT2D eigenvalue weighted by Crippen LogP contribution is 2.21. The SMILES string of the molecule is Cc1cc(C(=O)N[C@@H](C(=O)O)C(C)(C)C)ccc1Br. The Bertz CT molecular complexity index is 506. The number of nitrogens with one attached hydrogen (secondary N) is 1. The standard InChI is InChI=1S/C14H18BrNO3/c1-8-7-9(5-6-10(8)15)12(17)16-11(13(18)19)14(2,3)4/h5-7,11H,1-4H3,(H,16,17)(H,18,19)/t11-/m0/s1. The van der Waals surface area contributed by atoms with Gasteiger partial charge < -0.3 is 10.4 Å². The summed E-state index contributed by atoms with van der Waals surface area (Å²) in [5.41, 5.74) is 0.831. The Morgan fingerprint density at radius 1 is 1.32 bits per heavy atom. The lowest BCUT2D eigenvalue weighted by atomic mass is 9.86. The molecule has 1 amide bonds. The van der Waals surface area contributed by atoms with Gasteiger partial charge in [0, 0.05) is 10.0 Å². The molecular weight excluding hydrogens is 310 g/mol. The molecule has 0 spiro atoms.